The van der Waals surface area contributed by atoms with Crippen LogP contribution in [0.25, 0.3) is 0 Å². The van der Waals surface area contributed by atoms with E-state index in [0.29, 0.717) is 0 Å². The summed E-state index contributed by atoms with van der Waals surface area (Å²) in [5.74, 6) is -0.203. The van der Waals surface area contributed by atoms with Gasteiger partial charge in [0.15, 0.2) is 0 Å². The smallest absolute Gasteiger partial charge is 0.123 e. The maximum Gasteiger partial charge on any atom is 0.123 e. The Kier molecular flexibility index (Phi) is 4.43. The lowest BCUT2D eigenvalue weighted by Crippen LogP contribution is -2.10. The molecule has 2 aromatic carbocycles. The minimum absolute atomic E-state index is 0.0931. The molecular formula is C16H17ClFN. The lowest BCUT2D eigenvalue weighted by atomic mass is 10.0. The zero-order valence-electron chi connectivity index (χ0n) is 11.1. The Labute approximate surface area is 118 Å². The topological polar surface area (TPSA) is 12.0 Å². The van der Waals surface area contributed by atoms with Gasteiger partial charge < -0.3 is 5.32 Å². The van der Waals surface area contributed by atoms with E-state index in [1.54, 1.807) is 12.1 Å². The van der Waals surface area contributed by atoms with E-state index in [1.165, 1.54) is 6.07 Å². The molecule has 2 rings (SSSR count). The fourth-order valence-electron chi connectivity index (χ4n) is 2.12. The molecule has 0 fully saturated rings. The Morgan fingerprint density at radius 3 is 2.63 bits per heavy atom. The van der Waals surface area contributed by atoms with Crippen LogP contribution < -0.4 is 5.32 Å². The van der Waals surface area contributed by atoms with E-state index in [9.17, 15) is 4.39 Å². The summed E-state index contributed by atoms with van der Waals surface area (Å²) in [6.07, 6.45) is 0.880. The zero-order chi connectivity index (χ0) is 13.8. The summed E-state index contributed by atoms with van der Waals surface area (Å²) in [5, 5.41) is 4.17. The quantitative estimate of drug-likeness (QED) is 0.794. The van der Waals surface area contributed by atoms with Crippen molar-refractivity contribution in [3.63, 3.8) is 0 Å². The van der Waals surface area contributed by atoms with E-state index in [4.69, 9.17) is 11.6 Å². The van der Waals surface area contributed by atoms with Gasteiger partial charge in [0.2, 0.25) is 0 Å². The summed E-state index contributed by atoms with van der Waals surface area (Å²) in [7, 11) is 0. The molecule has 0 aliphatic carbocycles. The first-order valence-electron chi connectivity index (χ1n) is 6.38. The number of halogens is 2. The van der Waals surface area contributed by atoms with Crippen LogP contribution in [0.1, 0.15) is 30.5 Å². The number of nitrogens with one attached hydrogen (secondary N) is 1. The van der Waals surface area contributed by atoms with E-state index in [-0.39, 0.29) is 11.9 Å². The Balaban J connectivity index is 2.24. The van der Waals surface area contributed by atoms with Crippen molar-refractivity contribution < 1.29 is 4.39 Å². The van der Waals surface area contributed by atoms with Crippen LogP contribution in [0.2, 0.25) is 5.02 Å². The molecule has 0 aliphatic heterocycles. The van der Waals surface area contributed by atoms with Gasteiger partial charge in [-0.2, -0.15) is 0 Å². The summed E-state index contributed by atoms with van der Waals surface area (Å²) >= 11 is 5.95. The maximum atomic E-state index is 13.3. The minimum Gasteiger partial charge on any atom is -0.378 e. The van der Waals surface area contributed by atoms with Crippen molar-refractivity contribution in [2.75, 3.05) is 5.32 Å². The molecule has 0 aromatic heterocycles. The zero-order valence-corrected chi connectivity index (χ0v) is 11.8. The average Bonchev–Trinajstić information content (AvgIpc) is 2.38. The monoisotopic (exact) mass is 277 g/mol. The molecular weight excluding hydrogens is 261 g/mol. The molecule has 0 saturated heterocycles. The fourth-order valence-corrected chi connectivity index (χ4v) is 2.35. The van der Waals surface area contributed by atoms with Gasteiger partial charge in [-0.25, -0.2) is 4.39 Å². The molecule has 0 spiro atoms. The molecule has 0 heterocycles. The Morgan fingerprint density at radius 2 is 2.00 bits per heavy atom. The van der Waals surface area contributed by atoms with Crippen LogP contribution in [0, 0.1) is 12.7 Å². The van der Waals surface area contributed by atoms with Gasteiger partial charge in [0.1, 0.15) is 5.82 Å². The molecule has 0 bridgehead atoms. The molecule has 0 radical (unpaired) electrons. The van der Waals surface area contributed by atoms with Gasteiger partial charge >= 0.3 is 0 Å². The van der Waals surface area contributed by atoms with Crippen molar-refractivity contribution >= 4 is 17.3 Å². The normalized spacial score (nSPS) is 12.2. The summed E-state index contributed by atoms with van der Waals surface area (Å²) in [5.41, 5.74) is 3.07. The molecule has 19 heavy (non-hydrogen) atoms. The van der Waals surface area contributed by atoms with E-state index in [0.717, 1.165) is 28.3 Å². The van der Waals surface area contributed by atoms with Gasteiger partial charge in [0.25, 0.3) is 0 Å². The highest BCUT2D eigenvalue weighted by atomic mass is 35.5. The number of benzene rings is 2. The van der Waals surface area contributed by atoms with Gasteiger partial charge in [-0.3, -0.25) is 0 Å². The maximum absolute atomic E-state index is 13.3. The van der Waals surface area contributed by atoms with Crippen LogP contribution in [-0.4, -0.2) is 0 Å². The van der Waals surface area contributed by atoms with Crippen LogP contribution in [-0.2, 0) is 0 Å². The van der Waals surface area contributed by atoms with Crippen molar-refractivity contribution in [1.29, 1.82) is 0 Å². The SMILES string of the molecule is CCC(Nc1ccc(Cl)cc1C)c1cccc(F)c1. The van der Waals surface area contributed by atoms with E-state index in [1.807, 2.05) is 31.2 Å². The molecule has 3 heteroatoms. The van der Waals surface area contributed by atoms with Crippen LogP contribution in [0.5, 0.6) is 0 Å². The molecule has 0 saturated carbocycles. The number of rotatable bonds is 4. The van der Waals surface area contributed by atoms with Crippen molar-refractivity contribution in [2.24, 2.45) is 0 Å². The predicted molar refractivity (Wildman–Crippen MR) is 79.2 cm³/mol. The van der Waals surface area contributed by atoms with Gasteiger partial charge in [0.05, 0.1) is 6.04 Å². The molecule has 1 N–H and O–H groups in total. The number of hydrogen-bond donors (Lipinski definition) is 1. The summed E-state index contributed by atoms with van der Waals surface area (Å²) in [6, 6.07) is 12.5. The van der Waals surface area contributed by atoms with Crippen molar-refractivity contribution in [1.82, 2.24) is 0 Å². The van der Waals surface area contributed by atoms with Gasteiger partial charge in [-0.05, 0) is 54.8 Å². The summed E-state index contributed by atoms with van der Waals surface area (Å²) in [4.78, 5) is 0. The Hall–Kier alpha value is -1.54. The van der Waals surface area contributed by atoms with Crippen LogP contribution in [0.3, 0.4) is 0 Å². The van der Waals surface area contributed by atoms with Crippen LogP contribution in [0.15, 0.2) is 42.5 Å². The van der Waals surface area contributed by atoms with Gasteiger partial charge in [0, 0.05) is 10.7 Å². The van der Waals surface area contributed by atoms with E-state index < -0.39 is 0 Å². The minimum atomic E-state index is -0.203. The first-order valence-corrected chi connectivity index (χ1v) is 6.76. The predicted octanol–water partition coefficient (Wildman–Crippen LogP) is 5.35. The number of hydrogen-bond acceptors (Lipinski definition) is 1. The van der Waals surface area contributed by atoms with Crippen molar-refractivity contribution in [3.8, 4) is 0 Å². The Bertz CT molecular complexity index is 568. The molecule has 0 aliphatic rings. The standard InChI is InChI=1S/C16H17ClFN/c1-3-15(12-5-4-6-14(18)10-12)19-16-8-7-13(17)9-11(16)2/h4-10,15,19H,3H2,1-2H3. The van der Waals surface area contributed by atoms with Gasteiger partial charge in [-0.15, -0.1) is 0 Å². The highest BCUT2D eigenvalue weighted by Crippen LogP contribution is 2.26. The van der Waals surface area contributed by atoms with Gasteiger partial charge in [-0.1, -0.05) is 30.7 Å². The summed E-state index contributed by atoms with van der Waals surface area (Å²) < 4.78 is 13.3. The average molecular weight is 278 g/mol. The lowest BCUT2D eigenvalue weighted by molar-refractivity contribution is 0.621. The van der Waals surface area contributed by atoms with Crippen molar-refractivity contribution in [2.45, 2.75) is 26.3 Å². The fraction of sp³-hybridized carbons (Fsp3) is 0.250. The first-order chi connectivity index (χ1) is 9.10. The third-order valence-corrected chi connectivity index (χ3v) is 3.41. The summed E-state index contributed by atoms with van der Waals surface area (Å²) in [6.45, 7) is 4.08. The van der Waals surface area contributed by atoms with Crippen LogP contribution >= 0.6 is 11.6 Å². The Morgan fingerprint density at radius 1 is 1.21 bits per heavy atom. The molecule has 1 nitrogen and oxygen atoms in total. The van der Waals surface area contributed by atoms with Crippen molar-refractivity contribution in [3.05, 3.63) is 64.4 Å². The lowest BCUT2D eigenvalue weighted by Gasteiger charge is -2.20. The molecule has 1 atom stereocenters. The number of anilines is 1. The first kappa shape index (κ1) is 13.9. The second-order valence-corrected chi connectivity index (χ2v) is 5.06. The molecule has 100 valence electrons. The third kappa shape index (κ3) is 3.48. The molecule has 0 amide bonds. The van der Waals surface area contributed by atoms with E-state index in [2.05, 4.69) is 12.2 Å². The van der Waals surface area contributed by atoms with E-state index >= 15 is 0 Å². The molecule has 1 unspecified atom stereocenters. The third-order valence-electron chi connectivity index (χ3n) is 3.18. The molecule has 2 aromatic rings. The highest BCUT2D eigenvalue weighted by Gasteiger charge is 2.11. The second kappa shape index (κ2) is 6.07. The number of aryl methyl sites for hydroxylation is 1. The van der Waals surface area contributed by atoms with Crippen LogP contribution in [0.4, 0.5) is 10.1 Å². The highest BCUT2D eigenvalue weighted by molar-refractivity contribution is 6.30. The largest absolute Gasteiger partial charge is 0.378 e. The second-order valence-electron chi connectivity index (χ2n) is 4.62.